The predicted octanol–water partition coefficient (Wildman–Crippen LogP) is 1.22. The van der Waals surface area contributed by atoms with Gasteiger partial charge in [-0.1, -0.05) is 19.9 Å². The van der Waals surface area contributed by atoms with E-state index in [-0.39, 0.29) is 5.49 Å². The Bertz CT molecular complexity index is 342. The molecule has 0 fully saturated rings. The number of hydrogen-bond acceptors (Lipinski definition) is 3. The molecule has 0 spiro atoms. The van der Waals surface area contributed by atoms with Gasteiger partial charge in [0.25, 0.3) is 0 Å². The van der Waals surface area contributed by atoms with Crippen LogP contribution in [0.4, 0.5) is 0 Å². The second-order valence-corrected chi connectivity index (χ2v) is 2.46. The first-order chi connectivity index (χ1) is 7.16. The van der Waals surface area contributed by atoms with Crippen LogP contribution in [0.5, 0.6) is 0 Å². The van der Waals surface area contributed by atoms with Crippen molar-refractivity contribution in [3.8, 4) is 0 Å². The van der Waals surface area contributed by atoms with E-state index in [0.717, 1.165) is 11.3 Å². The van der Waals surface area contributed by atoms with Gasteiger partial charge in [-0.3, -0.25) is 14.8 Å². The fourth-order valence-corrected chi connectivity index (χ4v) is 0.911. The molecule has 0 aliphatic carbocycles. The number of carbonyl (C=O) groups is 1. The van der Waals surface area contributed by atoms with E-state index < -0.39 is 0 Å². The smallest absolute Gasteiger partial charge is 0.219 e. The Labute approximate surface area is 91.2 Å². The molecule has 0 bridgehead atoms. The second kappa shape index (κ2) is 9.15. The fraction of sp³-hybridized carbons (Fsp3) is 0.455. The van der Waals surface area contributed by atoms with Crippen molar-refractivity contribution < 1.29 is 4.79 Å². The monoisotopic (exact) mass is 211 g/mol. The Balaban J connectivity index is 0. The number of hydrogen-bond donors (Lipinski definition) is 2. The van der Waals surface area contributed by atoms with Crippen LogP contribution in [0.3, 0.4) is 0 Å². The average molecular weight is 211 g/mol. The zero-order valence-electron chi connectivity index (χ0n) is 10.2. The second-order valence-electron chi connectivity index (χ2n) is 2.46. The van der Waals surface area contributed by atoms with Gasteiger partial charge < -0.3 is 5.73 Å². The van der Waals surface area contributed by atoms with Crippen LogP contribution in [-0.2, 0) is 4.79 Å². The lowest BCUT2D eigenvalue weighted by Gasteiger charge is -2.04. The SMILES string of the molecule is CC.CN.Cc1ccc(=N)n(C=O)c1C. The highest BCUT2D eigenvalue weighted by molar-refractivity contribution is 5.53. The number of carbonyl (C=O) groups excluding carboxylic acids is 1. The first kappa shape index (κ1) is 16.0. The van der Waals surface area contributed by atoms with Crippen LogP contribution in [0.2, 0.25) is 0 Å². The normalized spacial score (nSPS) is 7.87. The molecule has 0 amide bonds. The van der Waals surface area contributed by atoms with Crippen LogP contribution in [0.1, 0.15) is 25.1 Å². The number of aromatic nitrogens is 1. The molecule has 15 heavy (non-hydrogen) atoms. The Morgan fingerprint density at radius 1 is 1.27 bits per heavy atom. The first-order valence-corrected chi connectivity index (χ1v) is 4.93. The summed E-state index contributed by atoms with van der Waals surface area (Å²) in [5, 5.41) is 7.34. The van der Waals surface area contributed by atoms with Crippen LogP contribution in [-0.4, -0.2) is 18.0 Å². The molecule has 0 unspecified atom stereocenters. The summed E-state index contributed by atoms with van der Waals surface area (Å²) in [4.78, 5) is 10.4. The van der Waals surface area contributed by atoms with Crippen molar-refractivity contribution in [2.45, 2.75) is 27.7 Å². The zero-order chi connectivity index (χ0) is 12.4. The molecule has 0 atom stereocenters. The molecule has 1 rings (SSSR count). The number of nitrogens with zero attached hydrogens (tertiary/aromatic N) is 1. The molecular formula is C11H21N3O. The maximum Gasteiger partial charge on any atom is 0.219 e. The molecule has 4 heteroatoms. The summed E-state index contributed by atoms with van der Waals surface area (Å²) in [6.07, 6.45) is 0.657. The molecule has 3 N–H and O–H groups in total. The van der Waals surface area contributed by atoms with Gasteiger partial charge in [-0.25, -0.2) is 0 Å². The van der Waals surface area contributed by atoms with Gasteiger partial charge >= 0.3 is 0 Å². The van der Waals surface area contributed by atoms with E-state index in [0.29, 0.717) is 6.41 Å². The fourth-order valence-electron chi connectivity index (χ4n) is 0.911. The van der Waals surface area contributed by atoms with Gasteiger partial charge in [0.2, 0.25) is 6.41 Å². The molecule has 0 saturated carbocycles. The van der Waals surface area contributed by atoms with Crippen molar-refractivity contribution in [1.82, 2.24) is 4.57 Å². The third-order valence-corrected chi connectivity index (χ3v) is 1.79. The molecule has 1 aromatic heterocycles. The molecule has 4 nitrogen and oxygen atoms in total. The predicted molar refractivity (Wildman–Crippen MR) is 63.4 cm³/mol. The van der Waals surface area contributed by atoms with Crippen LogP contribution in [0.25, 0.3) is 0 Å². The minimum absolute atomic E-state index is 0.225. The first-order valence-electron chi connectivity index (χ1n) is 4.93. The highest BCUT2D eigenvalue weighted by atomic mass is 16.1. The van der Waals surface area contributed by atoms with Crippen molar-refractivity contribution in [1.29, 1.82) is 5.41 Å². The molecular weight excluding hydrogens is 190 g/mol. The van der Waals surface area contributed by atoms with Gasteiger partial charge in [-0.05, 0) is 32.5 Å². The summed E-state index contributed by atoms with van der Waals surface area (Å²) in [6, 6.07) is 3.44. The summed E-state index contributed by atoms with van der Waals surface area (Å²) in [7, 11) is 1.50. The van der Waals surface area contributed by atoms with E-state index in [1.807, 2.05) is 33.8 Å². The lowest BCUT2D eigenvalue weighted by Crippen LogP contribution is -2.21. The van der Waals surface area contributed by atoms with Gasteiger partial charge in [0.05, 0.1) is 0 Å². The van der Waals surface area contributed by atoms with Gasteiger partial charge in [0.15, 0.2) is 0 Å². The van der Waals surface area contributed by atoms with Crippen LogP contribution < -0.4 is 11.2 Å². The Morgan fingerprint density at radius 3 is 2.07 bits per heavy atom. The van der Waals surface area contributed by atoms with Crippen molar-refractivity contribution >= 4 is 6.41 Å². The molecule has 0 saturated heterocycles. The van der Waals surface area contributed by atoms with E-state index in [1.54, 1.807) is 6.07 Å². The third kappa shape index (κ3) is 4.56. The zero-order valence-corrected chi connectivity index (χ0v) is 10.2. The van der Waals surface area contributed by atoms with Crippen LogP contribution in [0.15, 0.2) is 12.1 Å². The quantitative estimate of drug-likeness (QED) is 0.686. The largest absolute Gasteiger partial charge is 0.333 e. The molecule has 0 aliphatic rings. The third-order valence-electron chi connectivity index (χ3n) is 1.79. The van der Waals surface area contributed by atoms with Crippen molar-refractivity contribution in [2.24, 2.45) is 5.73 Å². The molecule has 86 valence electrons. The minimum atomic E-state index is 0.225. The highest BCUT2D eigenvalue weighted by Gasteiger charge is 1.97. The van der Waals surface area contributed by atoms with Crippen LogP contribution in [0, 0.1) is 19.3 Å². The number of nitrogens with one attached hydrogen (secondary N) is 1. The Hall–Kier alpha value is -1.42. The minimum Gasteiger partial charge on any atom is -0.333 e. The summed E-state index contributed by atoms with van der Waals surface area (Å²) in [6.45, 7) is 7.73. The van der Waals surface area contributed by atoms with Crippen LogP contribution >= 0.6 is 0 Å². The summed E-state index contributed by atoms with van der Waals surface area (Å²) in [5.74, 6) is 0. The maximum absolute atomic E-state index is 10.4. The van der Waals surface area contributed by atoms with Crippen molar-refractivity contribution in [3.63, 3.8) is 0 Å². The number of rotatable bonds is 1. The van der Waals surface area contributed by atoms with Gasteiger partial charge in [-0.2, -0.15) is 0 Å². The van der Waals surface area contributed by atoms with Crippen molar-refractivity contribution in [3.05, 3.63) is 28.9 Å². The standard InChI is InChI=1S/C8H10N2O.C2H6.CH5N/c1-6-3-4-8(9)10(5-11)7(6)2;2*1-2/h3-5,9H,1-2H3;1-2H3;2H2,1H3. The summed E-state index contributed by atoms with van der Waals surface area (Å²) >= 11 is 0. The Morgan fingerprint density at radius 2 is 1.73 bits per heavy atom. The molecule has 0 radical (unpaired) electrons. The average Bonchev–Trinajstić information content (AvgIpc) is 2.30. The number of pyridine rings is 1. The number of aryl methyl sites for hydroxylation is 1. The lowest BCUT2D eigenvalue weighted by molar-refractivity contribution is 0.542. The van der Waals surface area contributed by atoms with Gasteiger partial charge in [-0.15, -0.1) is 0 Å². The lowest BCUT2D eigenvalue weighted by atomic mass is 10.2. The van der Waals surface area contributed by atoms with E-state index >= 15 is 0 Å². The maximum atomic E-state index is 10.4. The van der Waals surface area contributed by atoms with E-state index in [4.69, 9.17) is 5.41 Å². The van der Waals surface area contributed by atoms with Gasteiger partial charge in [0.1, 0.15) is 5.49 Å². The molecule has 0 aromatic carbocycles. The van der Waals surface area contributed by atoms with Gasteiger partial charge in [0, 0.05) is 5.69 Å². The Kier molecular flexibility index (Phi) is 9.77. The molecule has 1 heterocycles. The highest BCUT2D eigenvalue weighted by Crippen LogP contribution is 1.99. The molecule has 0 aliphatic heterocycles. The number of nitrogens with two attached hydrogens (primary N) is 1. The summed E-state index contributed by atoms with van der Waals surface area (Å²) < 4.78 is 1.31. The molecule has 1 aromatic rings. The van der Waals surface area contributed by atoms with E-state index in [2.05, 4.69) is 5.73 Å². The topological polar surface area (TPSA) is 71.9 Å². The van der Waals surface area contributed by atoms with Crippen molar-refractivity contribution in [2.75, 3.05) is 7.05 Å². The van der Waals surface area contributed by atoms with E-state index in [1.165, 1.54) is 11.6 Å². The van der Waals surface area contributed by atoms with E-state index in [9.17, 15) is 4.79 Å². The summed E-state index contributed by atoms with van der Waals surface area (Å²) in [5.41, 5.74) is 6.57.